The van der Waals surface area contributed by atoms with E-state index in [1.54, 1.807) is 12.1 Å². The highest BCUT2D eigenvalue weighted by Gasteiger charge is 2.39. The number of anilines is 2. The minimum atomic E-state index is -0.400. The summed E-state index contributed by atoms with van der Waals surface area (Å²) in [5.74, 6) is 0. The molecule has 1 saturated carbocycles. The maximum atomic E-state index is 10.8. The van der Waals surface area contributed by atoms with Crippen LogP contribution < -0.4 is 10.7 Å². The Kier molecular flexibility index (Phi) is 2.59. The molecule has 1 saturated heterocycles. The number of hydrogen-bond acceptors (Lipinski definition) is 5. The largest absolute Gasteiger partial charge is 0.398 e. The number of rotatable bonds is 3. The lowest BCUT2D eigenvalue weighted by atomic mass is 10.2. The zero-order valence-corrected chi connectivity index (χ0v) is 10.1. The lowest BCUT2D eigenvalue weighted by Crippen LogP contribution is -2.18. The van der Waals surface area contributed by atoms with Gasteiger partial charge in [0.2, 0.25) is 0 Å². The van der Waals surface area contributed by atoms with E-state index in [2.05, 4.69) is 10.0 Å². The summed E-state index contributed by atoms with van der Waals surface area (Å²) in [4.78, 5) is 10.4. The van der Waals surface area contributed by atoms with Crippen LogP contribution in [0.1, 0.15) is 25.7 Å². The monoisotopic (exact) mass is 248 g/mol. The van der Waals surface area contributed by atoms with Crippen LogP contribution in [0.25, 0.3) is 0 Å². The molecule has 18 heavy (non-hydrogen) atoms. The minimum absolute atomic E-state index is 0.0586. The van der Waals surface area contributed by atoms with Gasteiger partial charge in [-0.3, -0.25) is 15.1 Å². The molecule has 6 nitrogen and oxygen atoms in total. The maximum Gasteiger partial charge on any atom is 0.273 e. The summed E-state index contributed by atoms with van der Waals surface area (Å²) < 4.78 is 0. The molecule has 1 aliphatic heterocycles. The van der Waals surface area contributed by atoms with Crippen LogP contribution in [-0.4, -0.2) is 22.6 Å². The molecule has 1 heterocycles. The zero-order valence-electron chi connectivity index (χ0n) is 10.1. The van der Waals surface area contributed by atoms with E-state index in [1.165, 1.54) is 31.7 Å². The fourth-order valence-electron chi connectivity index (χ4n) is 2.73. The Morgan fingerprint density at radius 3 is 2.67 bits per heavy atom. The number of nitrogens with zero attached hydrogens (tertiary/aromatic N) is 3. The molecule has 6 heteroatoms. The number of hydrazine groups is 1. The minimum Gasteiger partial charge on any atom is -0.398 e. The number of non-ortho nitro benzene ring substituents is 1. The first kappa shape index (κ1) is 11.3. The third-order valence-corrected chi connectivity index (χ3v) is 3.68. The standard InChI is InChI=1S/C12H16N4O2/c13-9-5-11(7-12(6-9)16(17)18)15-8-14(15)10-3-1-2-4-10/h5-7,10H,1-4,8,13H2. The molecular weight excluding hydrogens is 232 g/mol. The Balaban J connectivity index is 1.79. The summed E-state index contributed by atoms with van der Waals surface area (Å²) in [5, 5.41) is 15.1. The van der Waals surface area contributed by atoms with E-state index < -0.39 is 4.92 Å². The predicted octanol–water partition coefficient (Wildman–Crippen LogP) is 2.11. The summed E-state index contributed by atoms with van der Waals surface area (Å²) in [6.45, 7) is 0.852. The second-order valence-electron chi connectivity index (χ2n) is 4.96. The molecular formula is C12H16N4O2. The van der Waals surface area contributed by atoms with E-state index in [0.717, 1.165) is 12.4 Å². The van der Waals surface area contributed by atoms with Crippen LogP contribution in [0.15, 0.2) is 18.2 Å². The predicted molar refractivity (Wildman–Crippen MR) is 68.9 cm³/mol. The van der Waals surface area contributed by atoms with Crippen molar-refractivity contribution in [2.75, 3.05) is 17.4 Å². The Hall–Kier alpha value is -1.82. The van der Waals surface area contributed by atoms with Gasteiger partial charge in [-0.15, -0.1) is 0 Å². The number of hydrogen-bond donors (Lipinski definition) is 1. The van der Waals surface area contributed by atoms with Gasteiger partial charge >= 0.3 is 0 Å². The van der Waals surface area contributed by atoms with Crippen LogP contribution in [0, 0.1) is 10.1 Å². The highest BCUT2D eigenvalue weighted by molar-refractivity contribution is 5.63. The molecule has 0 spiro atoms. The van der Waals surface area contributed by atoms with Crippen LogP contribution in [0.5, 0.6) is 0 Å². The number of nitrogens with two attached hydrogens (primary N) is 1. The second-order valence-corrected chi connectivity index (χ2v) is 4.96. The molecule has 2 fully saturated rings. The Morgan fingerprint density at radius 2 is 2.00 bits per heavy atom. The van der Waals surface area contributed by atoms with Crippen molar-refractivity contribution in [3.63, 3.8) is 0 Å². The van der Waals surface area contributed by atoms with Crippen LogP contribution >= 0.6 is 0 Å². The van der Waals surface area contributed by atoms with Crippen LogP contribution in [0.2, 0.25) is 0 Å². The van der Waals surface area contributed by atoms with Crippen molar-refractivity contribution in [2.24, 2.45) is 0 Å². The molecule has 3 rings (SSSR count). The highest BCUT2D eigenvalue weighted by Crippen LogP contribution is 2.37. The number of benzene rings is 1. The second kappa shape index (κ2) is 4.13. The van der Waals surface area contributed by atoms with Gasteiger partial charge in [-0.25, -0.2) is 0 Å². The molecule has 0 amide bonds. The van der Waals surface area contributed by atoms with Crippen molar-refractivity contribution in [1.82, 2.24) is 5.01 Å². The topological polar surface area (TPSA) is 75.2 Å². The molecule has 1 aromatic carbocycles. The quantitative estimate of drug-likeness (QED) is 0.384. The van der Waals surface area contributed by atoms with Gasteiger partial charge in [0, 0.05) is 23.9 Å². The van der Waals surface area contributed by atoms with E-state index in [1.807, 2.05) is 0 Å². The summed E-state index contributed by atoms with van der Waals surface area (Å²) in [7, 11) is 0. The Bertz CT molecular complexity index is 485. The van der Waals surface area contributed by atoms with Crippen LogP contribution in [0.4, 0.5) is 17.1 Å². The van der Waals surface area contributed by atoms with Crippen molar-refractivity contribution < 1.29 is 4.92 Å². The van der Waals surface area contributed by atoms with Crippen LogP contribution in [-0.2, 0) is 0 Å². The molecule has 0 aromatic heterocycles. The zero-order chi connectivity index (χ0) is 12.7. The average molecular weight is 248 g/mol. The molecule has 0 radical (unpaired) electrons. The molecule has 1 atom stereocenters. The number of nitrogen functional groups attached to an aromatic ring is 1. The van der Waals surface area contributed by atoms with Gasteiger partial charge in [0.05, 0.1) is 10.6 Å². The van der Waals surface area contributed by atoms with Crippen molar-refractivity contribution in [3.05, 3.63) is 28.3 Å². The third-order valence-electron chi connectivity index (χ3n) is 3.68. The average Bonchev–Trinajstić information content (AvgIpc) is 2.95. The normalized spacial score (nSPS) is 23.3. The van der Waals surface area contributed by atoms with Gasteiger partial charge in [0.1, 0.15) is 6.67 Å². The van der Waals surface area contributed by atoms with E-state index in [-0.39, 0.29) is 5.69 Å². The Morgan fingerprint density at radius 1 is 1.28 bits per heavy atom. The lowest BCUT2D eigenvalue weighted by Gasteiger charge is -2.12. The van der Waals surface area contributed by atoms with Crippen molar-refractivity contribution in [1.29, 1.82) is 0 Å². The van der Waals surface area contributed by atoms with Gasteiger partial charge in [0.15, 0.2) is 0 Å². The lowest BCUT2D eigenvalue weighted by molar-refractivity contribution is -0.384. The fraction of sp³-hybridized carbons (Fsp3) is 0.500. The smallest absolute Gasteiger partial charge is 0.273 e. The molecule has 0 bridgehead atoms. The van der Waals surface area contributed by atoms with Gasteiger partial charge < -0.3 is 5.73 Å². The van der Waals surface area contributed by atoms with Crippen LogP contribution in [0.3, 0.4) is 0 Å². The molecule has 2 aliphatic rings. The molecule has 1 aliphatic carbocycles. The van der Waals surface area contributed by atoms with Crippen molar-refractivity contribution in [2.45, 2.75) is 31.7 Å². The molecule has 96 valence electrons. The third kappa shape index (κ3) is 1.99. The number of nitro groups is 1. The van der Waals surface area contributed by atoms with Crippen molar-refractivity contribution in [3.8, 4) is 0 Å². The molecule has 2 N–H and O–H groups in total. The summed E-state index contributed by atoms with van der Waals surface area (Å²) in [6, 6.07) is 5.38. The Labute approximate surface area is 105 Å². The molecule has 1 unspecified atom stereocenters. The number of nitro benzene ring substituents is 1. The van der Waals surface area contributed by atoms with E-state index >= 15 is 0 Å². The van der Waals surface area contributed by atoms with E-state index in [4.69, 9.17) is 5.73 Å². The van der Waals surface area contributed by atoms with E-state index in [9.17, 15) is 10.1 Å². The highest BCUT2D eigenvalue weighted by atomic mass is 16.6. The summed E-state index contributed by atoms with van der Waals surface area (Å²) >= 11 is 0. The van der Waals surface area contributed by atoms with Gasteiger partial charge in [-0.05, 0) is 18.9 Å². The molecule has 1 aromatic rings. The summed E-state index contributed by atoms with van der Waals surface area (Å²) in [6.07, 6.45) is 5.01. The first-order chi connectivity index (χ1) is 8.65. The SMILES string of the molecule is Nc1cc(N2CN2C2CCCC2)cc([N+](=O)[O-])c1. The maximum absolute atomic E-state index is 10.8. The van der Waals surface area contributed by atoms with E-state index in [0.29, 0.717) is 11.7 Å². The first-order valence-electron chi connectivity index (χ1n) is 6.24. The summed E-state index contributed by atoms with van der Waals surface area (Å²) in [5.41, 5.74) is 7.04. The van der Waals surface area contributed by atoms with Crippen molar-refractivity contribution >= 4 is 17.1 Å². The van der Waals surface area contributed by atoms with Gasteiger partial charge in [0.25, 0.3) is 5.69 Å². The van der Waals surface area contributed by atoms with Gasteiger partial charge in [-0.1, -0.05) is 12.8 Å². The fourth-order valence-corrected chi connectivity index (χ4v) is 2.73. The first-order valence-corrected chi connectivity index (χ1v) is 6.24. The van der Waals surface area contributed by atoms with Gasteiger partial charge in [-0.2, -0.15) is 5.01 Å².